The summed E-state index contributed by atoms with van der Waals surface area (Å²) in [7, 11) is 0. The van der Waals surface area contributed by atoms with E-state index in [1.165, 1.54) is 13.0 Å². The van der Waals surface area contributed by atoms with Gasteiger partial charge in [-0.15, -0.1) is 12.3 Å². The zero-order chi connectivity index (χ0) is 17.5. The van der Waals surface area contributed by atoms with E-state index in [2.05, 4.69) is 16.2 Å². The maximum Gasteiger partial charge on any atom is 0.259 e. The smallest absolute Gasteiger partial charge is 0.259 e. The van der Waals surface area contributed by atoms with Gasteiger partial charge in [0, 0.05) is 23.7 Å². The van der Waals surface area contributed by atoms with Crippen LogP contribution in [0.2, 0.25) is 0 Å². The first-order valence-corrected chi connectivity index (χ1v) is 7.41. The number of terminal acetylenes is 1. The predicted octanol–water partition coefficient (Wildman–Crippen LogP) is 3.16. The van der Waals surface area contributed by atoms with E-state index < -0.39 is 11.9 Å². The molecule has 0 spiro atoms. The summed E-state index contributed by atoms with van der Waals surface area (Å²) >= 11 is 0. The summed E-state index contributed by atoms with van der Waals surface area (Å²) in [5.41, 5.74) is 6.52. The number of carbonyl (C=O) groups is 1. The first-order valence-electron chi connectivity index (χ1n) is 7.41. The minimum Gasteiger partial charge on any atom is -0.493 e. The van der Waals surface area contributed by atoms with E-state index in [0.29, 0.717) is 24.5 Å². The van der Waals surface area contributed by atoms with Crippen LogP contribution in [0.25, 0.3) is 0 Å². The number of amides is 1. The number of ether oxygens (including phenoxy) is 1. The molecule has 0 saturated heterocycles. The molecule has 1 heterocycles. The molecule has 0 atom stereocenters. The van der Waals surface area contributed by atoms with Crippen molar-refractivity contribution in [2.75, 3.05) is 17.7 Å². The Morgan fingerprint density at radius 1 is 1.46 bits per heavy atom. The number of aryl methyl sites for hydroxylation is 1. The Morgan fingerprint density at radius 3 is 3.00 bits per heavy atom. The van der Waals surface area contributed by atoms with Gasteiger partial charge in [-0.25, -0.2) is 4.98 Å². The van der Waals surface area contributed by atoms with Crippen LogP contribution in [0.5, 0.6) is 5.75 Å². The highest BCUT2D eigenvalue weighted by Crippen LogP contribution is 2.20. The normalized spacial score (nSPS) is 10.0. The summed E-state index contributed by atoms with van der Waals surface area (Å²) in [5, 5.41) is 2.69. The Kier molecular flexibility index (Phi) is 5.74. The van der Waals surface area contributed by atoms with E-state index in [-0.39, 0.29) is 16.9 Å². The molecule has 2 aromatic rings. The largest absolute Gasteiger partial charge is 0.493 e. The third kappa shape index (κ3) is 4.46. The summed E-state index contributed by atoms with van der Waals surface area (Å²) in [6, 6.07) is 8.31. The molecule has 1 aromatic heterocycles. The third-order valence-corrected chi connectivity index (χ3v) is 3.25. The van der Waals surface area contributed by atoms with Crippen molar-refractivity contribution >= 4 is 17.4 Å². The molecule has 0 aliphatic rings. The number of pyridine rings is 1. The first kappa shape index (κ1) is 17.3. The first-order chi connectivity index (χ1) is 11.5. The van der Waals surface area contributed by atoms with E-state index >= 15 is 0 Å². The Balaban J connectivity index is 2.07. The number of aromatic nitrogens is 1. The molecule has 5 nitrogen and oxygen atoms in total. The second-order valence-electron chi connectivity index (χ2n) is 5.17. The van der Waals surface area contributed by atoms with Gasteiger partial charge < -0.3 is 15.8 Å². The number of nitrogen functional groups attached to an aromatic ring is 1. The quantitative estimate of drug-likeness (QED) is 0.485. The summed E-state index contributed by atoms with van der Waals surface area (Å²) in [5.74, 6) is 1.85. The molecule has 0 fully saturated rings. The topological polar surface area (TPSA) is 77.2 Å². The molecule has 1 aromatic carbocycles. The van der Waals surface area contributed by atoms with Gasteiger partial charge in [-0.2, -0.15) is 4.39 Å². The van der Waals surface area contributed by atoms with Crippen LogP contribution in [0, 0.1) is 25.2 Å². The highest BCUT2D eigenvalue weighted by Gasteiger charge is 2.14. The number of benzene rings is 1. The van der Waals surface area contributed by atoms with Crippen LogP contribution in [0.15, 0.2) is 30.3 Å². The number of hydrogen-bond donors (Lipinski definition) is 2. The molecule has 124 valence electrons. The van der Waals surface area contributed by atoms with Crippen molar-refractivity contribution in [2.24, 2.45) is 0 Å². The number of nitrogens with zero attached hydrogens (tertiary/aromatic N) is 1. The number of carbonyl (C=O) groups excluding carboxylic acids is 1. The summed E-state index contributed by atoms with van der Waals surface area (Å²) in [4.78, 5) is 15.8. The maximum absolute atomic E-state index is 13.3. The zero-order valence-electron chi connectivity index (χ0n) is 13.3. The van der Waals surface area contributed by atoms with Gasteiger partial charge in [0.2, 0.25) is 5.95 Å². The molecule has 0 aliphatic carbocycles. The van der Waals surface area contributed by atoms with Crippen LogP contribution in [0.3, 0.4) is 0 Å². The van der Waals surface area contributed by atoms with Gasteiger partial charge >= 0.3 is 0 Å². The van der Waals surface area contributed by atoms with Crippen molar-refractivity contribution in [1.82, 2.24) is 4.98 Å². The zero-order valence-corrected chi connectivity index (χ0v) is 13.3. The van der Waals surface area contributed by atoms with Crippen molar-refractivity contribution in [3.8, 4) is 18.1 Å². The number of nitrogens with one attached hydrogen (secondary N) is 1. The van der Waals surface area contributed by atoms with E-state index in [1.807, 2.05) is 0 Å². The summed E-state index contributed by atoms with van der Waals surface area (Å²) < 4.78 is 18.9. The molecular weight excluding hydrogens is 309 g/mol. The molecule has 0 unspecified atom stereocenters. The standard InChI is InChI=1S/C18H18FN3O2/c1-3-4-5-9-24-14-8-6-7-13(11-14)21-18(23)15-10-12(2)16(19)22-17(15)20/h1,6-8,10-11H,4-5,9H2,2H3,(H2,20,22)(H,21,23). The summed E-state index contributed by atoms with van der Waals surface area (Å²) in [6.45, 7) is 2.01. The van der Waals surface area contributed by atoms with Crippen LogP contribution in [-0.2, 0) is 0 Å². The second kappa shape index (κ2) is 7.97. The Bertz CT molecular complexity index is 784. The van der Waals surface area contributed by atoms with Crippen molar-refractivity contribution < 1.29 is 13.9 Å². The van der Waals surface area contributed by atoms with E-state index in [0.717, 1.165) is 6.42 Å². The minimum atomic E-state index is -0.689. The lowest BCUT2D eigenvalue weighted by molar-refractivity contribution is 0.102. The van der Waals surface area contributed by atoms with E-state index in [4.69, 9.17) is 16.9 Å². The SMILES string of the molecule is C#CCCCOc1cccc(NC(=O)c2cc(C)c(F)nc2N)c1. The van der Waals surface area contributed by atoms with Crippen LogP contribution < -0.4 is 15.8 Å². The predicted molar refractivity (Wildman–Crippen MR) is 91.3 cm³/mol. The average Bonchev–Trinajstić information content (AvgIpc) is 2.55. The molecule has 6 heteroatoms. The second-order valence-corrected chi connectivity index (χ2v) is 5.17. The van der Waals surface area contributed by atoms with Gasteiger partial charge in [0.25, 0.3) is 5.91 Å². The van der Waals surface area contributed by atoms with Crippen LogP contribution in [-0.4, -0.2) is 17.5 Å². The molecule has 0 aliphatic heterocycles. The minimum absolute atomic E-state index is 0.120. The van der Waals surface area contributed by atoms with Gasteiger partial charge in [-0.1, -0.05) is 6.07 Å². The van der Waals surface area contributed by atoms with Crippen molar-refractivity contribution in [3.63, 3.8) is 0 Å². The lowest BCUT2D eigenvalue weighted by Crippen LogP contribution is -2.16. The highest BCUT2D eigenvalue weighted by molar-refractivity contribution is 6.07. The highest BCUT2D eigenvalue weighted by atomic mass is 19.1. The monoisotopic (exact) mass is 327 g/mol. The van der Waals surface area contributed by atoms with Gasteiger partial charge in [0.05, 0.1) is 12.2 Å². The van der Waals surface area contributed by atoms with Crippen molar-refractivity contribution in [1.29, 1.82) is 0 Å². The Labute approximate surface area is 140 Å². The molecule has 2 rings (SSSR count). The molecule has 3 N–H and O–H groups in total. The van der Waals surface area contributed by atoms with Crippen molar-refractivity contribution in [2.45, 2.75) is 19.8 Å². The molecule has 0 bridgehead atoms. The number of hydrogen-bond acceptors (Lipinski definition) is 4. The maximum atomic E-state index is 13.3. The number of halogens is 1. The van der Waals surface area contributed by atoms with E-state index in [1.54, 1.807) is 24.3 Å². The fourth-order valence-electron chi connectivity index (χ4n) is 2.01. The molecule has 1 amide bonds. The third-order valence-electron chi connectivity index (χ3n) is 3.25. The van der Waals surface area contributed by atoms with Gasteiger partial charge in [-0.3, -0.25) is 4.79 Å². The lowest BCUT2D eigenvalue weighted by atomic mass is 10.1. The summed E-state index contributed by atoms with van der Waals surface area (Å²) in [6.07, 6.45) is 6.58. The van der Waals surface area contributed by atoms with Crippen LogP contribution in [0.4, 0.5) is 15.9 Å². The number of unbranched alkanes of at least 4 members (excludes halogenated alkanes) is 1. The fourth-order valence-corrected chi connectivity index (χ4v) is 2.01. The molecule has 24 heavy (non-hydrogen) atoms. The molecule has 0 saturated carbocycles. The van der Waals surface area contributed by atoms with Crippen LogP contribution >= 0.6 is 0 Å². The molecular formula is C18H18FN3O2. The Hall–Kier alpha value is -3.07. The molecule has 0 radical (unpaired) electrons. The van der Waals surface area contributed by atoms with Gasteiger partial charge in [0.1, 0.15) is 11.6 Å². The number of nitrogens with two attached hydrogens (primary N) is 1. The Morgan fingerprint density at radius 2 is 2.25 bits per heavy atom. The number of anilines is 2. The van der Waals surface area contributed by atoms with Gasteiger partial charge in [0.15, 0.2) is 0 Å². The van der Waals surface area contributed by atoms with Crippen LogP contribution in [0.1, 0.15) is 28.8 Å². The average molecular weight is 327 g/mol. The number of rotatable bonds is 6. The lowest BCUT2D eigenvalue weighted by Gasteiger charge is -2.10. The van der Waals surface area contributed by atoms with E-state index in [9.17, 15) is 9.18 Å². The fraction of sp³-hybridized carbons (Fsp3) is 0.222. The van der Waals surface area contributed by atoms with Crippen molar-refractivity contribution in [3.05, 3.63) is 47.4 Å². The van der Waals surface area contributed by atoms with Gasteiger partial charge in [-0.05, 0) is 31.5 Å².